The maximum atomic E-state index is 13.4. The lowest BCUT2D eigenvalue weighted by molar-refractivity contribution is 0.247. The molecule has 0 spiro atoms. The number of benzene rings is 2. The van der Waals surface area contributed by atoms with Crippen LogP contribution in [0.2, 0.25) is 0 Å². The van der Waals surface area contributed by atoms with E-state index in [0.717, 1.165) is 16.6 Å². The van der Waals surface area contributed by atoms with Crippen molar-refractivity contribution < 1.29 is 22.7 Å². The molecule has 0 aliphatic rings. The summed E-state index contributed by atoms with van der Waals surface area (Å²) >= 11 is 3.30. The van der Waals surface area contributed by atoms with Crippen molar-refractivity contribution in [1.82, 2.24) is 5.32 Å². The Balaban J connectivity index is 1.78. The van der Waals surface area contributed by atoms with E-state index >= 15 is 0 Å². The molecule has 0 fully saturated rings. The third kappa shape index (κ3) is 4.88. The zero-order chi connectivity index (χ0) is 16.8. The van der Waals surface area contributed by atoms with Crippen molar-refractivity contribution in [3.05, 3.63) is 58.3 Å². The minimum Gasteiger partial charge on any atom is -0.492 e. The number of amides is 2. The van der Waals surface area contributed by atoms with Crippen molar-refractivity contribution in [3.63, 3.8) is 0 Å². The van der Waals surface area contributed by atoms with Crippen LogP contribution >= 0.6 is 15.9 Å². The van der Waals surface area contributed by atoms with Gasteiger partial charge in [-0.1, -0.05) is 22.0 Å². The lowest BCUT2D eigenvalue weighted by Crippen LogP contribution is -2.32. The number of hydrogen-bond acceptors (Lipinski definition) is 2. The highest BCUT2D eigenvalue weighted by Gasteiger charge is 2.14. The van der Waals surface area contributed by atoms with Crippen LogP contribution in [-0.2, 0) is 0 Å². The van der Waals surface area contributed by atoms with E-state index in [1.54, 1.807) is 18.2 Å². The van der Waals surface area contributed by atoms with Crippen molar-refractivity contribution in [1.29, 1.82) is 0 Å². The van der Waals surface area contributed by atoms with Gasteiger partial charge in [-0.15, -0.1) is 0 Å². The molecule has 0 atom stereocenters. The van der Waals surface area contributed by atoms with Gasteiger partial charge in [-0.2, -0.15) is 0 Å². The quantitative estimate of drug-likeness (QED) is 0.599. The van der Waals surface area contributed by atoms with E-state index < -0.39 is 29.2 Å². The van der Waals surface area contributed by atoms with Gasteiger partial charge in [0.05, 0.1) is 12.2 Å². The van der Waals surface area contributed by atoms with Gasteiger partial charge in [0.15, 0.2) is 17.5 Å². The molecule has 0 bridgehead atoms. The molecule has 2 amide bonds. The molecular weight excluding hydrogens is 377 g/mol. The minimum atomic E-state index is -1.64. The summed E-state index contributed by atoms with van der Waals surface area (Å²) < 4.78 is 45.4. The number of rotatable bonds is 5. The third-order valence-corrected chi connectivity index (χ3v) is 3.23. The summed E-state index contributed by atoms with van der Waals surface area (Å²) in [6.07, 6.45) is 0. The summed E-state index contributed by atoms with van der Waals surface area (Å²) in [4.78, 5) is 11.6. The molecule has 0 radical (unpaired) electrons. The number of nitrogens with one attached hydrogen (secondary N) is 2. The summed E-state index contributed by atoms with van der Waals surface area (Å²) in [5.41, 5.74) is -0.450. The summed E-state index contributed by atoms with van der Waals surface area (Å²) in [6, 6.07) is 8.06. The van der Waals surface area contributed by atoms with Crippen molar-refractivity contribution in [2.45, 2.75) is 0 Å². The molecule has 0 unspecified atom stereocenters. The number of anilines is 1. The first-order valence-electron chi connectivity index (χ1n) is 6.54. The highest BCUT2D eigenvalue weighted by Crippen LogP contribution is 2.19. The minimum absolute atomic E-state index is 0.143. The molecule has 2 N–H and O–H groups in total. The van der Waals surface area contributed by atoms with Crippen LogP contribution < -0.4 is 15.4 Å². The van der Waals surface area contributed by atoms with E-state index in [-0.39, 0.29) is 13.2 Å². The van der Waals surface area contributed by atoms with Crippen LogP contribution in [0.25, 0.3) is 0 Å². The molecule has 0 aliphatic carbocycles. The average Bonchev–Trinajstić information content (AvgIpc) is 2.52. The molecule has 4 nitrogen and oxygen atoms in total. The molecule has 0 heterocycles. The topological polar surface area (TPSA) is 50.4 Å². The Morgan fingerprint density at radius 3 is 2.65 bits per heavy atom. The number of carbonyl (C=O) groups excluding carboxylic acids is 1. The van der Waals surface area contributed by atoms with Crippen molar-refractivity contribution >= 4 is 27.6 Å². The first-order chi connectivity index (χ1) is 11.0. The van der Waals surface area contributed by atoms with Crippen molar-refractivity contribution in [2.75, 3.05) is 18.5 Å². The van der Waals surface area contributed by atoms with Crippen LogP contribution in [0.4, 0.5) is 23.7 Å². The van der Waals surface area contributed by atoms with Crippen LogP contribution in [0.1, 0.15) is 0 Å². The summed E-state index contributed by atoms with van der Waals surface area (Å²) in [5, 5.41) is 4.50. The Hall–Kier alpha value is -2.22. The number of urea groups is 1. The van der Waals surface area contributed by atoms with Gasteiger partial charge in [0.2, 0.25) is 0 Å². The van der Waals surface area contributed by atoms with Crippen LogP contribution in [0.3, 0.4) is 0 Å². The lowest BCUT2D eigenvalue weighted by atomic mass is 10.3. The van der Waals surface area contributed by atoms with Gasteiger partial charge >= 0.3 is 6.03 Å². The largest absolute Gasteiger partial charge is 0.492 e. The average molecular weight is 389 g/mol. The number of carbonyl (C=O) groups is 1. The zero-order valence-corrected chi connectivity index (χ0v) is 13.3. The molecule has 0 saturated heterocycles. The third-order valence-electron chi connectivity index (χ3n) is 2.74. The molecule has 2 aromatic rings. The summed E-state index contributed by atoms with van der Waals surface area (Å²) in [7, 11) is 0. The highest BCUT2D eigenvalue weighted by atomic mass is 79.9. The predicted octanol–water partition coefficient (Wildman–Crippen LogP) is 4.07. The monoisotopic (exact) mass is 388 g/mol. The Labute approximate surface area is 138 Å². The maximum absolute atomic E-state index is 13.4. The smallest absolute Gasteiger partial charge is 0.319 e. The summed E-state index contributed by atoms with van der Waals surface area (Å²) in [5.74, 6) is -3.80. The number of halogens is 4. The van der Waals surface area contributed by atoms with Gasteiger partial charge in [-0.3, -0.25) is 0 Å². The van der Waals surface area contributed by atoms with Gasteiger partial charge in [-0.05, 0) is 30.3 Å². The molecule has 0 aromatic heterocycles. The molecule has 2 rings (SSSR count). The van der Waals surface area contributed by atoms with E-state index in [1.165, 1.54) is 0 Å². The predicted molar refractivity (Wildman–Crippen MR) is 83.0 cm³/mol. The molecular formula is C15H12BrF3N2O2. The molecule has 0 aliphatic heterocycles. The van der Waals surface area contributed by atoms with E-state index in [2.05, 4.69) is 26.6 Å². The standard InChI is InChI=1S/C15H12BrF3N2O2/c16-9-2-1-3-10(8-9)23-7-6-20-15(22)21-12-5-4-11(17)13(18)14(12)19/h1-5,8H,6-7H2,(H2,20,21,22). The van der Waals surface area contributed by atoms with Crippen LogP contribution in [-0.4, -0.2) is 19.2 Å². The van der Waals surface area contributed by atoms with Crippen LogP contribution in [0.15, 0.2) is 40.9 Å². The Morgan fingerprint density at radius 1 is 1.13 bits per heavy atom. The fraction of sp³-hybridized carbons (Fsp3) is 0.133. The Morgan fingerprint density at radius 2 is 1.91 bits per heavy atom. The molecule has 0 saturated carbocycles. The lowest BCUT2D eigenvalue weighted by Gasteiger charge is -2.10. The number of hydrogen-bond donors (Lipinski definition) is 2. The Kier molecular flexibility index (Phi) is 5.86. The second kappa shape index (κ2) is 7.87. The second-order valence-electron chi connectivity index (χ2n) is 4.41. The second-order valence-corrected chi connectivity index (χ2v) is 5.33. The fourth-order valence-electron chi connectivity index (χ4n) is 1.68. The van der Waals surface area contributed by atoms with Gasteiger partial charge in [-0.25, -0.2) is 18.0 Å². The van der Waals surface area contributed by atoms with Crippen LogP contribution in [0.5, 0.6) is 5.75 Å². The van der Waals surface area contributed by atoms with Crippen LogP contribution in [0, 0.1) is 17.5 Å². The first kappa shape index (κ1) is 17.1. The highest BCUT2D eigenvalue weighted by molar-refractivity contribution is 9.10. The van der Waals surface area contributed by atoms with Gasteiger partial charge in [0.25, 0.3) is 0 Å². The first-order valence-corrected chi connectivity index (χ1v) is 7.33. The normalized spacial score (nSPS) is 10.3. The molecule has 2 aromatic carbocycles. The molecule has 8 heteroatoms. The van der Waals surface area contributed by atoms with Gasteiger partial charge < -0.3 is 15.4 Å². The van der Waals surface area contributed by atoms with E-state index in [0.29, 0.717) is 5.75 Å². The van der Waals surface area contributed by atoms with E-state index in [4.69, 9.17) is 4.74 Å². The van der Waals surface area contributed by atoms with Crippen molar-refractivity contribution in [3.8, 4) is 5.75 Å². The SMILES string of the molecule is O=C(NCCOc1cccc(Br)c1)Nc1ccc(F)c(F)c1F. The molecule has 122 valence electrons. The zero-order valence-electron chi connectivity index (χ0n) is 11.7. The van der Waals surface area contributed by atoms with E-state index in [1.807, 2.05) is 6.07 Å². The van der Waals surface area contributed by atoms with Gasteiger partial charge in [0, 0.05) is 4.47 Å². The van der Waals surface area contributed by atoms with E-state index in [9.17, 15) is 18.0 Å². The Bertz CT molecular complexity index is 713. The van der Waals surface area contributed by atoms with Gasteiger partial charge in [0.1, 0.15) is 12.4 Å². The molecule has 23 heavy (non-hydrogen) atoms. The number of ether oxygens (including phenoxy) is 1. The maximum Gasteiger partial charge on any atom is 0.319 e. The fourth-order valence-corrected chi connectivity index (χ4v) is 2.06. The van der Waals surface area contributed by atoms with Crippen molar-refractivity contribution in [2.24, 2.45) is 0 Å². The summed E-state index contributed by atoms with van der Waals surface area (Å²) in [6.45, 7) is 0.327.